The van der Waals surface area contributed by atoms with Crippen LogP contribution in [0.25, 0.3) is 0 Å². The second-order valence-electron chi connectivity index (χ2n) is 5.33. The summed E-state index contributed by atoms with van der Waals surface area (Å²) in [6.45, 7) is 1.06. The highest BCUT2D eigenvalue weighted by Gasteiger charge is 2.30. The van der Waals surface area contributed by atoms with Gasteiger partial charge in [0, 0.05) is 0 Å². The number of aromatic hydroxyl groups is 1. The Kier molecular flexibility index (Phi) is 6.01. The largest absolute Gasteiger partial charge is 0.508 e. The van der Waals surface area contributed by atoms with Crippen molar-refractivity contribution < 1.29 is 40.9 Å². The van der Waals surface area contributed by atoms with Gasteiger partial charge in [-0.1, -0.05) is 0 Å². The van der Waals surface area contributed by atoms with Crippen LogP contribution in [0.1, 0.15) is 11.1 Å². The maximum atomic E-state index is 12.2. The van der Waals surface area contributed by atoms with Gasteiger partial charge in [-0.3, -0.25) is 0 Å². The summed E-state index contributed by atoms with van der Waals surface area (Å²) in [6, 6.07) is 8.29. The number of benzene rings is 2. The highest BCUT2D eigenvalue weighted by molar-refractivity contribution is 5.29. The van der Waals surface area contributed by atoms with Gasteiger partial charge in [0.15, 0.2) is 0 Å². The molecule has 3 rings (SSSR count). The minimum atomic E-state index is -4.33. The minimum absolute atomic E-state index is 0.104. The lowest BCUT2D eigenvalue weighted by Crippen LogP contribution is -2.06. The van der Waals surface area contributed by atoms with Crippen LogP contribution in [0.2, 0.25) is 0 Å². The molecule has 0 radical (unpaired) electrons. The molecule has 1 atom stereocenters. The summed E-state index contributed by atoms with van der Waals surface area (Å²) in [6.07, 6.45) is -8.52. The molecule has 0 saturated carbocycles. The van der Waals surface area contributed by atoms with Crippen molar-refractivity contribution in [2.24, 2.45) is 0 Å². The van der Waals surface area contributed by atoms with Crippen molar-refractivity contribution in [1.29, 1.82) is 0 Å². The van der Waals surface area contributed by atoms with Gasteiger partial charge in [0.05, 0.1) is 17.7 Å². The zero-order valence-corrected chi connectivity index (χ0v) is 13.1. The Bertz CT molecular complexity index is 688. The Morgan fingerprint density at radius 2 is 1.27 bits per heavy atom. The van der Waals surface area contributed by atoms with E-state index in [4.69, 9.17) is 14.6 Å². The fourth-order valence-electron chi connectivity index (χ4n) is 1.74. The molecule has 1 heterocycles. The lowest BCUT2D eigenvalue weighted by molar-refractivity contribution is -0.138. The third-order valence-electron chi connectivity index (χ3n) is 3.21. The summed E-state index contributed by atoms with van der Waals surface area (Å²) < 4.78 is 82.2. The lowest BCUT2D eigenvalue weighted by atomic mass is 10.2. The molecule has 0 bridgehead atoms. The summed E-state index contributed by atoms with van der Waals surface area (Å²) >= 11 is 0. The maximum Gasteiger partial charge on any atom is 0.416 e. The van der Waals surface area contributed by atoms with Crippen molar-refractivity contribution in [3.05, 3.63) is 59.7 Å². The van der Waals surface area contributed by atoms with E-state index in [1.54, 1.807) is 0 Å². The number of alkyl halides is 6. The standard InChI is InChI=1S/C10H9F3O2.C7H5F3O/c11-10(12,13)7-1-3-8(4-2-7)14-5-9-6-15-9;8-7(9,10)5-1-3-6(11)4-2-5/h1-4,9H,5-6H2;1-4,11H. The van der Waals surface area contributed by atoms with Gasteiger partial charge in [-0.15, -0.1) is 0 Å². The Morgan fingerprint density at radius 1 is 0.846 bits per heavy atom. The predicted octanol–water partition coefficient (Wildman–Crippen LogP) is 4.89. The summed E-state index contributed by atoms with van der Waals surface area (Å²) in [5, 5.41) is 8.66. The van der Waals surface area contributed by atoms with Gasteiger partial charge < -0.3 is 14.6 Å². The number of hydrogen-bond donors (Lipinski definition) is 1. The van der Waals surface area contributed by atoms with Gasteiger partial charge in [-0.2, -0.15) is 26.3 Å². The van der Waals surface area contributed by atoms with Crippen molar-refractivity contribution >= 4 is 0 Å². The van der Waals surface area contributed by atoms with Crippen LogP contribution >= 0.6 is 0 Å². The van der Waals surface area contributed by atoms with E-state index in [9.17, 15) is 26.3 Å². The van der Waals surface area contributed by atoms with Gasteiger partial charge in [0.2, 0.25) is 0 Å². The van der Waals surface area contributed by atoms with E-state index in [1.807, 2.05) is 0 Å². The van der Waals surface area contributed by atoms with E-state index in [-0.39, 0.29) is 11.9 Å². The average molecular weight is 380 g/mol. The summed E-state index contributed by atoms with van der Waals surface area (Å²) in [5.41, 5.74) is -1.42. The molecule has 9 heteroatoms. The van der Waals surface area contributed by atoms with Crippen molar-refractivity contribution in [2.45, 2.75) is 18.5 Å². The van der Waals surface area contributed by atoms with Crippen molar-refractivity contribution in [3.8, 4) is 11.5 Å². The zero-order chi connectivity index (χ0) is 19.4. The third-order valence-corrected chi connectivity index (χ3v) is 3.21. The second kappa shape index (κ2) is 7.86. The smallest absolute Gasteiger partial charge is 0.416 e. The first kappa shape index (κ1) is 19.9. The van der Waals surface area contributed by atoms with Crippen LogP contribution in [0.4, 0.5) is 26.3 Å². The van der Waals surface area contributed by atoms with Crippen LogP contribution in [-0.4, -0.2) is 24.4 Å². The highest BCUT2D eigenvalue weighted by atomic mass is 19.4. The number of ether oxygens (including phenoxy) is 2. The monoisotopic (exact) mass is 380 g/mol. The fourth-order valence-corrected chi connectivity index (χ4v) is 1.74. The van der Waals surface area contributed by atoms with Crippen LogP contribution < -0.4 is 4.74 Å². The summed E-state index contributed by atoms with van der Waals surface area (Å²) in [7, 11) is 0. The molecule has 1 aliphatic heterocycles. The summed E-state index contributed by atoms with van der Waals surface area (Å²) in [5.74, 6) is 0.261. The Balaban J connectivity index is 0.000000197. The van der Waals surface area contributed by atoms with Crippen LogP contribution in [-0.2, 0) is 17.1 Å². The molecule has 1 saturated heterocycles. The number of epoxide rings is 1. The molecule has 142 valence electrons. The molecule has 3 nitrogen and oxygen atoms in total. The Labute approximate surface area is 144 Å². The molecule has 0 spiro atoms. The molecule has 26 heavy (non-hydrogen) atoms. The van der Waals surface area contributed by atoms with E-state index < -0.39 is 23.5 Å². The van der Waals surface area contributed by atoms with Crippen molar-refractivity contribution in [1.82, 2.24) is 0 Å². The number of rotatable bonds is 3. The fraction of sp³-hybridized carbons (Fsp3) is 0.294. The molecule has 0 amide bonds. The molecule has 1 fully saturated rings. The van der Waals surface area contributed by atoms with Gasteiger partial charge in [-0.05, 0) is 48.5 Å². The molecule has 0 aliphatic carbocycles. The van der Waals surface area contributed by atoms with Crippen LogP contribution in [0.3, 0.4) is 0 Å². The molecule has 2 aromatic carbocycles. The van der Waals surface area contributed by atoms with Crippen LogP contribution in [0.5, 0.6) is 11.5 Å². The number of hydrogen-bond acceptors (Lipinski definition) is 3. The molecular formula is C17H14F6O3. The average Bonchev–Trinajstić information content (AvgIpc) is 3.37. The zero-order valence-electron chi connectivity index (χ0n) is 13.1. The van der Waals surface area contributed by atoms with Crippen molar-refractivity contribution in [2.75, 3.05) is 13.2 Å². The van der Waals surface area contributed by atoms with E-state index in [0.717, 1.165) is 36.4 Å². The Hall–Kier alpha value is -2.42. The van der Waals surface area contributed by atoms with Crippen LogP contribution in [0.15, 0.2) is 48.5 Å². The molecule has 1 unspecified atom stereocenters. The number of phenols is 1. The quantitative estimate of drug-likeness (QED) is 0.609. The van der Waals surface area contributed by atoms with Gasteiger partial charge in [-0.25, -0.2) is 0 Å². The number of phenolic OH excluding ortho intramolecular Hbond substituents is 1. The van der Waals surface area contributed by atoms with Gasteiger partial charge >= 0.3 is 12.4 Å². The van der Waals surface area contributed by atoms with E-state index in [1.165, 1.54) is 12.1 Å². The lowest BCUT2D eigenvalue weighted by Gasteiger charge is -2.08. The van der Waals surface area contributed by atoms with E-state index in [2.05, 4.69) is 0 Å². The normalized spacial score (nSPS) is 16.5. The molecular weight excluding hydrogens is 366 g/mol. The first-order valence-electron chi connectivity index (χ1n) is 7.33. The van der Waals surface area contributed by atoms with Gasteiger partial charge in [0.1, 0.15) is 24.2 Å². The molecule has 2 aromatic rings. The topological polar surface area (TPSA) is 42.0 Å². The molecule has 1 N–H and O–H groups in total. The van der Waals surface area contributed by atoms with Gasteiger partial charge in [0.25, 0.3) is 0 Å². The van der Waals surface area contributed by atoms with Crippen molar-refractivity contribution in [3.63, 3.8) is 0 Å². The first-order valence-corrected chi connectivity index (χ1v) is 7.33. The molecule has 1 aliphatic rings. The SMILES string of the molecule is FC(F)(F)c1ccc(OCC2CO2)cc1.Oc1ccc(C(F)(F)F)cc1. The Morgan fingerprint density at radius 3 is 1.65 bits per heavy atom. The summed E-state index contributed by atoms with van der Waals surface area (Å²) in [4.78, 5) is 0. The minimum Gasteiger partial charge on any atom is -0.508 e. The molecule has 0 aromatic heterocycles. The number of halogens is 6. The predicted molar refractivity (Wildman–Crippen MR) is 79.8 cm³/mol. The first-order chi connectivity index (χ1) is 12.1. The van der Waals surface area contributed by atoms with E-state index in [0.29, 0.717) is 19.0 Å². The van der Waals surface area contributed by atoms with E-state index >= 15 is 0 Å². The highest BCUT2D eigenvalue weighted by Crippen LogP contribution is 2.31. The third kappa shape index (κ3) is 6.47. The maximum absolute atomic E-state index is 12.2. The van der Waals surface area contributed by atoms with Crippen LogP contribution in [0, 0.1) is 0 Å². The second-order valence-corrected chi connectivity index (χ2v) is 5.33.